The summed E-state index contributed by atoms with van der Waals surface area (Å²) in [5, 5.41) is 1.84. The molecule has 0 radical (unpaired) electrons. The molecule has 1 heterocycles. The molecule has 0 aliphatic heterocycles. The summed E-state index contributed by atoms with van der Waals surface area (Å²) in [6, 6.07) is 1.74. The molecule has 1 aromatic heterocycles. The number of esters is 1. The number of hydrogen-bond acceptors (Lipinski definition) is 4. The van der Waals surface area contributed by atoms with E-state index in [0.717, 1.165) is 18.3 Å². The Labute approximate surface area is 86.6 Å². The van der Waals surface area contributed by atoms with E-state index >= 15 is 0 Å². The van der Waals surface area contributed by atoms with E-state index in [0.29, 0.717) is 4.88 Å². The molecule has 0 unspecified atom stereocenters. The number of hydrogen-bond donors (Lipinski definition) is 0. The molecule has 0 aromatic carbocycles. The molecule has 0 atom stereocenters. The largest absolute Gasteiger partial charge is 0.492 e. The van der Waals surface area contributed by atoms with E-state index in [-0.39, 0.29) is 5.97 Å². The van der Waals surface area contributed by atoms with E-state index in [4.69, 9.17) is 4.74 Å². The van der Waals surface area contributed by atoms with Crippen LogP contribution < -0.4 is 4.74 Å². The second kappa shape index (κ2) is 4.00. The fraction of sp³-hybridized carbons (Fsp3) is 0.500. The summed E-state index contributed by atoms with van der Waals surface area (Å²) in [5.74, 6) is 1.22. The van der Waals surface area contributed by atoms with Crippen LogP contribution in [-0.4, -0.2) is 19.7 Å². The van der Waals surface area contributed by atoms with Gasteiger partial charge in [0, 0.05) is 11.4 Å². The predicted molar refractivity (Wildman–Crippen MR) is 53.9 cm³/mol. The zero-order chi connectivity index (χ0) is 9.97. The lowest BCUT2D eigenvalue weighted by molar-refractivity contribution is 0.0606. The molecular formula is C10H12O3S. The number of ether oxygens (including phenoxy) is 2. The highest BCUT2D eigenvalue weighted by atomic mass is 32.1. The first kappa shape index (κ1) is 9.52. The molecule has 1 aromatic rings. The first-order chi connectivity index (χ1) is 6.79. The van der Waals surface area contributed by atoms with Crippen LogP contribution in [0.15, 0.2) is 11.4 Å². The molecule has 0 spiro atoms. The third kappa shape index (κ3) is 2.26. The normalized spacial score (nSPS) is 15.2. The smallest absolute Gasteiger partial charge is 0.348 e. The fourth-order valence-corrected chi connectivity index (χ4v) is 1.84. The standard InChI is InChI=1S/C10H12O3S/c1-12-10(11)9-4-8(6-14-9)13-5-7-2-3-7/h4,6-7H,2-3,5H2,1H3. The Balaban J connectivity index is 1.91. The summed E-state index contributed by atoms with van der Waals surface area (Å²) in [6.07, 6.45) is 2.54. The summed E-state index contributed by atoms with van der Waals surface area (Å²) in [7, 11) is 1.38. The van der Waals surface area contributed by atoms with Crippen LogP contribution in [0.3, 0.4) is 0 Å². The van der Waals surface area contributed by atoms with Crippen LogP contribution in [0.25, 0.3) is 0 Å². The fourth-order valence-electron chi connectivity index (χ4n) is 1.10. The van der Waals surface area contributed by atoms with Gasteiger partial charge < -0.3 is 9.47 Å². The van der Waals surface area contributed by atoms with Gasteiger partial charge in [0.2, 0.25) is 0 Å². The average molecular weight is 212 g/mol. The highest BCUT2D eigenvalue weighted by molar-refractivity contribution is 7.12. The van der Waals surface area contributed by atoms with Crippen LogP contribution in [0.4, 0.5) is 0 Å². The van der Waals surface area contributed by atoms with Crippen molar-refractivity contribution in [1.82, 2.24) is 0 Å². The molecule has 1 fully saturated rings. The van der Waals surface area contributed by atoms with Crippen LogP contribution in [0.1, 0.15) is 22.5 Å². The number of carbonyl (C=O) groups is 1. The van der Waals surface area contributed by atoms with Gasteiger partial charge in [0.05, 0.1) is 13.7 Å². The van der Waals surface area contributed by atoms with Crippen LogP contribution in [0, 0.1) is 5.92 Å². The molecule has 2 rings (SSSR count). The third-order valence-electron chi connectivity index (χ3n) is 2.14. The molecule has 0 amide bonds. The van der Waals surface area contributed by atoms with Gasteiger partial charge in [-0.15, -0.1) is 11.3 Å². The molecule has 1 saturated carbocycles. The SMILES string of the molecule is COC(=O)c1cc(OCC2CC2)cs1. The van der Waals surface area contributed by atoms with Gasteiger partial charge in [-0.1, -0.05) is 0 Å². The lowest BCUT2D eigenvalue weighted by Crippen LogP contribution is -1.99. The Kier molecular flexibility index (Phi) is 2.72. The molecule has 1 aliphatic rings. The Morgan fingerprint density at radius 2 is 2.43 bits per heavy atom. The number of carbonyl (C=O) groups excluding carboxylic acids is 1. The molecule has 0 N–H and O–H groups in total. The minimum Gasteiger partial charge on any atom is -0.492 e. The molecule has 3 nitrogen and oxygen atoms in total. The number of methoxy groups -OCH3 is 1. The Bertz CT molecular complexity index is 328. The van der Waals surface area contributed by atoms with Crippen molar-refractivity contribution in [3.63, 3.8) is 0 Å². The lowest BCUT2D eigenvalue weighted by Gasteiger charge is -1.99. The maximum absolute atomic E-state index is 11.1. The van der Waals surface area contributed by atoms with Crippen molar-refractivity contribution >= 4 is 17.3 Å². The van der Waals surface area contributed by atoms with E-state index in [2.05, 4.69) is 4.74 Å². The minimum absolute atomic E-state index is 0.295. The van der Waals surface area contributed by atoms with Gasteiger partial charge in [-0.3, -0.25) is 0 Å². The van der Waals surface area contributed by atoms with Gasteiger partial charge >= 0.3 is 5.97 Å². The van der Waals surface area contributed by atoms with E-state index in [1.165, 1.54) is 31.3 Å². The topological polar surface area (TPSA) is 35.5 Å². The Morgan fingerprint density at radius 3 is 3.07 bits per heavy atom. The summed E-state index contributed by atoms with van der Waals surface area (Å²) in [5.41, 5.74) is 0. The minimum atomic E-state index is -0.295. The van der Waals surface area contributed by atoms with E-state index < -0.39 is 0 Å². The number of thiophene rings is 1. The van der Waals surface area contributed by atoms with Gasteiger partial charge in [0.1, 0.15) is 10.6 Å². The first-order valence-corrected chi connectivity index (χ1v) is 5.47. The second-order valence-electron chi connectivity index (χ2n) is 3.39. The predicted octanol–water partition coefficient (Wildman–Crippen LogP) is 2.32. The molecule has 14 heavy (non-hydrogen) atoms. The van der Waals surface area contributed by atoms with E-state index in [1.807, 2.05) is 5.38 Å². The monoisotopic (exact) mass is 212 g/mol. The van der Waals surface area contributed by atoms with Crippen LogP contribution >= 0.6 is 11.3 Å². The van der Waals surface area contributed by atoms with Crippen molar-refractivity contribution in [3.05, 3.63) is 16.3 Å². The zero-order valence-corrected chi connectivity index (χ0v) is 8.80. The quantitative estimate of drug-likeness (QED) is 0.718. The van der Waals surface area contributed by atoms with Crippen molar-refractivity contribution in [1.29, 1.82) is 0 Å². The molecule has 0 bridgehead atoms. The van der Waals surface area contributed by atoms with Crippen LogP contribution in [-0.2, 0) is 4.74 Å². The summed E-state index contributed by atoms with van der Waals surface area (Å²) < 4.78 is 10.1. The maximum atomic E-state index is 11.1. The zero-order valence-electron chi connectivity index (χ0n) is 7.99. The first-order valence-electron chi connectivity index (χ1n) is 4.59. The third-order valence-corrected chi connectivity index (χ3v) is 3.03. The summed E-state index contributed by atoms with van der Waals surface area (Å²) in [4.78, 5) is 11.7. The molecule has 1 aliphatic carbocycles. The van der Waals surface area contributed by atoms with Gasteiger partial charge in [0.25, 0.3) is 0 Å². The second-order valence-corrected chi connectivity index (χ2v) is 4.30. The lowest BCUT2D eigenvalue weighted by atomic mass is 10.4. The van der Waals surface area contributed by atoms with Gasteiger partial charge in [-0.25, -0.2) is 4.79 Å². The number of rotatable bonds is 4. The van der Waals surface area contributed by atoms with E-state index in [9.17, 15) is 4.79 Å². The Morgan fingerprint density at radius 1 is 1.64 bits per heavy atom. The Hall–Kier alpha value is -1.03. The van der Waals surface area contributed by atoms with Gasteiger partial charge in [0.15, 0.2) is 0 Å². The average Bonchev–Trinajstić information content (AvgIpc) is 2.92. The maximum Gasteiger partial charge on any atom is 0.348 e. The van der Waals surface area contributed by atoms with Crippen molar-refractivity contribution in [2.45, 2.75) is 12.8 Å². The highest BCUT2D eigenvalue weighted by Gasteiger charge is 2.22. The van der Waals surface area contributed by atoms with Crippen molar-refractivity contribution in [2.24, 2.45) is 5.92 Å². The van der Waals surface area contributed by atoms with Crippen molar-refractivity contribution in [2.75, 3.05) is 13.7 Å². The molecule has 4 heteroatoms. The van der Waals surface area contributed by atoms with Gasteiger partial charge in [-0.05, 0) is 18.8 Å². The molecule has 0 saturated heterocycles. The summed E-state index contributed by atoms with van der Waals surface area (Å²) >= 11 is 1.35. The van der Waals surface area contributed by atoms with Crippen LogP contribution in [0.5, 0.6) is 5.75 Å². The van der Waals surface area contributed by atoms with E-state index in [1.54, 1.807) is 6.07 Å². The van der Waals surface area contributed by atoms with Crippen LogP contribution in [0.2, 0.25) is 0 Å². The van der Waals surface area contributed by atoms with Crippen molar-refractivity contribution < 1.29 is 14.3 Å². The van der Waals surface area contributed by atoms with Gasteiger partial charge in [-0.2, -0.15) is 0 Å². The highest BCUT2D eigenvalue weighted by Crippen LogP contribution is 2.30. The summed E-state index contributed by atoms with van der Waals surface area (Å²) in [6.45, 7) is 0.775. The molecular weight excluding hydrogens is 200 g/mol. The molecule has 76 valence electrons. The van der Waals surface area contributed by atoms with Crippen molar-refractivity contribution in [3.8, 4) is 5.75 Å².